The average molecular weight is 297 g/mol. The second kappa shape index (κ2) is 7.05. The summed E-state index contributed by atoms with van der Waals surface area (Å²) < 4.78 is 12.2. The summed E-state index contributed by atoms with van der Waals surface area (Å²) in [6, 6.07) is 20.9. The molecule has 1 aliphatic rings. The quantitative estimate of drug-likeness (QED) is 0.846. The molecule has 0 amide bonds. The van der Waals surface area contributed by atoms with Gasteiger partial charge in [0.25, 0.3) is 0 Å². The lowest BCUT2D eigenvalue weighted by atomic mass is 9.91. The van der Waals surface area contributed by atoms with Crippen LogP contribution in [-0.2, 0) is 9.47 Å². The van der Waals surface area contributed by atoms with Gasteiger partial charge in [-0.05, 0) is 25.2 Å². The van der Waals surface area contributed by atoms with Crippen LogP contribution in [0, 0.1) is 0 Å². The first-order chi connectivity index (χ1) is 10.7. The van der Waals surface area contributed by atoms with Gasteiger partial charge in [-0.25, -0.2) is 0 Å². The molecule has 0 radical (unpaired) electrons. The number of benzene rings is 2. The Labute approximate surface area is 132 Å². The zero-order chi connectivity index (χ0) is 15.4. The van der Waals surface area contributed by atoms with Gasteiger partial charge in [-0.1, -0.05) is 60.7 Å². The van der Waals surface area contributed by atoms with Crippen LogP contribution in [0.1, 0.15) is 17.0 Å². The number of ether oxygens (including phenoxy) is 2. The number of hydrogen-bond donors (Lipinski definition) is 0. The summed E-state index contributed by atoms with van der Waals surface area (Å²) in [6.45, 7) is 1.53. The molecule has 3 heteroatoms. The van der Waals surface area contributed by atoms with Crippen LogP contribution in [0.3, 0.4) is 0 Å². The molecule has 2 aromatic rings. The van der Waals surface area contributed by atoms with Gasteiger partial charge in [-0.15, -0.1) is 0 Å². The molecule has 0 unspecified atom stereocenters. The lowest BCUT2D eigenvalue weighted by Gasteiger charge is -2.24. The molecule has 116 valence electrons. The van der Waals surface area contributed by atoms with E-state index < -0.39 is 0 Å². The molecular weight excluding hydrogens is 274 g/mol. The summed E-state index contributed by atoms with van der Waals surface area (Å²) in [5.74, 6) is 0.106. The van der Waals surface area contributed by atoms with Crippen LogP contribution in [0.2, 0.25) is 0 Å². The van der Waals surface area contributed by atoms with Gasteiger partial charge in [0.15, 0.2) is 6.29 Å². The molecule has 2 aromatic carbocycles. The summed E-state index contributed by atoms with van der Waals surface area (Å²) in [6.07, 6.45) is -0.0929. The number of rotatable bonds is 5. The van der Waals surface area contributed by atoms with Crippen molar-refractivity contribution in [2.45, 2.75) is 18.3 Å². The Morgan fingerprint density at radius 2 is 1.50 bits per heavy atom. The third kappa shape index (κ3) is 3.55. The van der Waals surface area contributed by atoms with Crippen LogP contribution < -0.4 is 0 Å². The summed E-state index contributed by atoms with van der Waals surface area (Å²) in [7, 11) is 4.12. The summed E-state index contributed by atoms with van der Waals surface area (Å²) in [4.78, 5) is 2.14. The largest absolute Gasteiger partial charge is 0.349 e. The van der Waals surface area contributed by atoms with Crippen molar-refractivity contribution in [2.24, 2.45) is 0 Å². The molecule has 1 fully saturated rings. The van der Waals surface area contributed by atoms with Crippen LogP contribution >= 0.6 is 0 Å². The Morgan fingerprint density at radius 3 is 2.00 bits per heavy atom. The van der Waals surface area contributed by atoms with Crippen molar-refractivity contribution in [3.63, 3.8) is 0 Å². The Morgan fingerprint density at radius 1 is 0.955 bits per heavy atom. The second-order valence-electron chi connectivity index (χ2n) is 6.02. The minimum Gasteiger partial charge on any atom is -0.349 e. The fourth-order valence-corrected chi connectivity index (χ4v) is 2.98. The molecule has 22 heavy (non-hydrogen) atoms. The van der Waals surface area contributed by atoms with E-state index in [4.69, 9.17) is 9.47 Å². The molecule has 1 heterocycles. The normalized spacial score (nSPS) is 21.6. The topological polar surface area (TPSA) is 21.7 Å². The molecule has 3 rings (SSSR count). The van der Waals surface area contributed by atoms with Crippen molar-refractivity contribution >= 4 is 0 Å². The molecule has 0 aliphatic carbocycles. The molecule has 1 saturated heterocycles. The monoisotopic (exact) mass is 297 g/mol. The standard InChI is InChI=1S/C19H23NO2/c1-20(2)13-17-14-21-19(22-17)18(15-9-5-3-6-10-15)16-11-7-4-8-12-16/h3-12,17-19H,13-14H2,1-2H3/t17-,19-/m1/s1. The van der Waals surface area contributed by atoms with Gasteiger partial charge in [0, 0.05) is 6.54 Å². The second-order valence-corrected chi connectivity index (χ2v) is 6.02. The van der Waals surface area contributed by atoms with Crippen molar-refractivity contribution in [1.82, 2.24) is 4.90 Å². The van der Waals surface area contributed by atoms with E-state index in [9.17, 15) is 0 Å². The van der Waals surface area contributed by atoms with Crippen molar-refractivity contribution in [3.8, 4) is 0 Å². The molecular formula is C19H23NO2. The van der Waals surface area contributed by atoms with E-state index in [1.807, 2.05) is 12.1 Å². The first kappa shape index (κ1) is 15.2. The van der Waals surface area contributed by atoms with Crippen molar-refractivity contribution in [1.29, 1.82) is 0 Å². The molecule has 0 N–H and O–H groups in total. The third-order valence-electron chi connectivity index (χ3n) is 3.93. The van der Waals surface area contributed by atoms with Gasteiger partial charge in [0.1, 0.15) is 0 Å². The van der Waals surface area contributed by atoms with E-state index >= 15 is 0 Å². The fraction of sp³-hybridized carbons (Fsp3) is 0.368. The van der Waals surface area contributed by atoms with Crippen molar-refractivity contribution in [3.05, 3.63) is 71.8 Å². The lowest BCUT2D eigenvalue weighted by molar-refractivity contribution is -0.0697. The van der Waals surface area contributed by atoms with E-state index in [2.05, 4.69) is 67.5 Å². The predicted octanol–water partition coefficient (Wildman–Crippen LogP) is 3.12. The zero-order valence-electron chi connectivity index (χ0n) is 13.2. The van der Waals surface area contributed by atoms with Gasteiger partial charge < -0.3 is 14.4 Å². The van der Waals surface area contributed by atoms with E-state index in [1.165, 1.54) is 11.1 Å². The minimum absolute atomic E-state index is 0.106. The summed E-state index contributed by atoms with van der Waals surface area (Å²) in [5, 5.41) is 0. The van der Waals surface area contributed by atoms with Crippen molar-refractivity contribution in [2.75, 3.05) is 27.2 Å². The highest BCUT2D eigenvalue weighted by molar-refractivity contribution is 5.33. The highest BCUT2D eigenvalue weighted by Crippen LogP contribution is 2.33. The van der Waals surface area contributed by atoms with E-state index in [0.29, 0.717) is 6.61 Å². The minimum atomic E-state index is -0.227. The lowest BCUT2D eigenvalue weighted by Crippen LogP contribution is -2.29. The molecule has 0 aromatic heterocycles. The Balaban J connectivity index is 1.84. The molecule has 1 aliphatic heterocycles. The molecule has 0 spiro atoms. The smallest absolute Gasteiger partial charge is 0.169 e. The first-order valence-corrected chi connectivity index (χ1v) is 7.75. The van der Waals surface area contributed by atoms with Crippen LogP contribution in [-0.4, -0.2) is 44.5 Å². The molecule has 2 atom stereocenters. The van der Waals surface area contributed by atoms with Crippen LogP contribution in [0.15, 0.2) is 60.7 Å². The van der Waals surface area contributed by atoms with E-state index in [0.717, 1.165) is 6.54 Å². The zero-order valence-corrected chi connectivity index (χ0v) is 13.2. The van der Waals surface area contributed by atoms with Gasteiger partial charge in [-0.2, -0.15) is 0 Å². The highest BCUT2D eigenvalue weighted by atomic mass is 16.7. The van der Waals surface area contributed by atoms with Gasteiger partial charge >= 0.3 is 0 Å². The Kier molecular flexibility index (Phi) is 4.88. The first-order valence-electron chi connectivity index (χ1n) is 7.75. The average Bonchev–Trinajstić information content (AvgIpc) is 2.97. The van der Waals surface area contributed by atoms with Gasteiger partial charge in [0.05, 0.1) is 18.6 Å². The molecule has 3 nitrogen and oxygen atoms in total. The van der Waals surface area contributed by atoms with Crippen LogP contribution in [0.5, 0.6) is 0 Å². The Hall–Kier alpha value is -1.68. The number of hydrogen-bond acceptors (Lipinski definition) is 3. The number of likely N-dealkylation sites (N-methyl/N-ethyl adjacent to an activating group) is 1. The SMILES string of the molecule is CN(C)C[C@@H]1CO[C@@H](C(c2ccccc2)c2ccccc2)O1. The Bertz CT molecular complexity index is 531. The fourth-order valence-electron chi connectivity index (χ4n) is 2.98. The highest BCUT2D eigenvalue weighted by Gasteiger charge is 2.34. The van der Waals surface area contributed by atoms with Gasteiger partial charge in [0.2, 0.25) is 0 Å². The van der Waals surface area contributed by atoms with Crippen LogP contribution in [0.25, 0.3) is 0 Å². The van der Waals surface area contributed by atoms with Crippen molar-refractivity contribution < 1.29 is 9.47 Å². The maximum absolute atomic E-state index is 6.18. The van der Waals surface area contributed by atoms with E-state index in [1.54, 1.807) is 0 Å². The molecule has 0 saturated carbocycles. The van der Waals surface area contributed by atoms with E-state index in [-0.39, 0.29) is 18.3 Å². The maximum Gasteiger partial charge on any atom is 0.169 e. The molecule has 0 bridgehead atoms. The number of nitrogens with zero attached hydrogens (tertiary/aromatic N) is 1. The maximum atomic E-state index is 6.18. The van der Waals surface area contributed by atoms with Crippen LogP contribution in [0.4, 0.5) is 0 Å². The van der Waals surface area contributed by atoms with Gasteiger partial charge in [-0.3, -0.25) is 0 Å². The summed E-state index contributed by atoms with van der Waals surface area (Å²) >= 11 is 0. The third-order valence-corrected chi connectivity index (χ3v) is 3.93. The summed E-state index contributed by atoms with van der Waals surface area (Å²) in [5.41, 5.74) is 2.45. The predicted molar refractivity (Wildman–Crippen MR) is 87.9 cm³/mol.